The Bertz CT molecular complexity index is 581. The number of anilines is 2. The number of amides is 4. The van der Waals surface area contributed by atoms with Crippen molar-refractivity contribution >= 4 is 29.2 Å². The van der Waals surface area contributed by atoms with Crippen LogP contribution in [0.25, 0.3) is 0 Å². The number of carbonyl (C=O) groups excluding carboxylic acids is 3. The summed E-state index contributed by atoms with van der Waals surface area (Å²) in [6, 6.07) is 6.51. The van der Waals surface area contributed by atoms with Crippen LogP contribution in [0, 0.1) is 0 Å². The molecule has 0 radical (unpaired) electrons. The second-order valence-electron chi connectivity index (χ2n) is 5.32. The first-order valence-corrected chi connectivity index (χ1v) is 7.79. The molecule has 0 spiro atoms. The van der Waals surface area contributed by atoms with Crippen LogP contribution in [0.1, 0.15) is 26.7 Å². The lowest BCUT2D eigenvalue weighted by molar-refractivity contribution is -0.120. The van der Waals surface area contributed by atoms with Gasteiger partial charge in [0.15, 0.2) is 0 Å². The number of rotatable bonds is 7. The normalized spacial score (nSPS) is 16.7. The van der Waals surface area contributed by atoms with Crippen molar-refractivity contribution in [3.05, 3.63) is 24.3 Å². The summed E-state index contributed by atoms with van der Waals surface area (Å²) in [5.41, 5.74) is 1.82. The molecule has 0 aliphatic carbocycles. The first-order valence-electron chi connectivity index (χ1n) is 7.79. The fourth-order valence-electron chi connectivity index (χ4n) is 2.51. The topological polar surface area (TPSA) is 90.5 Å². The first kappa shape index (κ1) is 16.8. The maximum Gasteiger partial charge on any atom is 0.322 e. The van der Waals surface area contributed by atoms with Gasteiger partial charge in [-0.25, -0.2) is 4.79 Å². The average molecular weight is 318 g/mol. The number of hydrogen-bond donors (Lipinski definition) is 3. The lowest BCUT2D eigenvalue weighted by Crippen LogP contribution is -2.30. The highest BCUT2D eigenvalue weighted by Crippen LogP contribution is 2.18. The van der Waals surface area contributed by atoms with E-state index in [1.807, 2.05) is 24.3 Å². The monoisotopic (exact) mass is 318 g/mol. The zero-order valence-electron chi connectivity index (χ0n) is 13.4. The van der Waals surface area contributed by atoms with Gasteiger partial charge in [0.2, 0.25) is 5.91 Å². The number of hydrogen-bond acceptors (Lipinski definition) is 4. The van der Waals surface area contributed by atoms with Crippen LogP contribution in [-0.2, 0) is 9.59 Å². The van der Waals surface area contributed by atoms with Crippen molar-refractivity contribution in [2.24, 2.45) is 0 Å². The van der Waals surface area contributed by atoms with Crippen LogP contribution in [0.5, 0.6) is 0 Å². The molecule has 7 heteroatoms. The maximum absolute atomic E-state index is 11.9. The molecule has 7 nitrogen and oxygen atoms in total. The largest absolute Gasteiger partial charge is 0.372 e. The van der Waals surface area contributed by atoms with Crippen molar-refractivity contribution in [1.29, 1.82) is 0 Å². The minimum atomic E-state index is -0.627. The number of nitrogens with zero attached hydrogens (tertiary/aromatic N) is 1. The van der Waals surface area contributed by atoms with Gasteiger partial charge in [0.25, 0.3) is 5.91 Å². The molecule has 1 aliphatic rings. The summed E-state index contributed by atoms with van der Waals surface area (Å²) in [5, 5.41) is 7.41. The summed E-state index contributed by atoms with van der Waals surface area (Å²) in [5.74, 6) is -0.569. The summed E-state index contributed by atoms with van der Waals surface area (Å²) < 4.78 is 0. The van der Waals surface area contributed by atoms with E-state index in [1.165, 1.54) is 0 Å². The molecule has 0 bridgehead atoms. The van der Waals surface area contributed by atoms with Crippen LogP contribution < -0.4 is 20.9 Å². The Kier molecular flexibility index (Phi) is 5.56. The molecule has 4 amide bonds. The van der Waals surface area contributed by atoms with E-state index in [0.717, 1.165) is 18.8 Å². The van der Waals surface area contributed by atoms with Crippen LogP contribution in [0.4, 0.5) is 16.2 Å². The van der Waals surface area contributed by atoms with Crippen LogP contribution in [-0.4, -0.2) is 37.0 Å². The lowest BCUT2D eigenvalue weighted by Gasteiger charge is -2.21. The Balaban J connectivity index is 1.83. The summed E-state index contributed by atoms with van der Waals surface area (Å²) >= 11 is 0. The molecule has 1 aromatic carbocycles. The predicted molar refractivity (Wildman–Crippen MR) is 88.3 cm³/mol. The van der Waals surface area contributed by atoms with E-state index in [9.17, 15) is 14.4 Å². The molecule has 23 heavy (non-hydrogen) atoms. The zero-order valence-corrected chi connectivity index (χ0v) is 13.4. The number of nitrogens with one attached hydrogen (secondary N) is 3. The standard InChI is InChI=1S/C16H22N4O3/c1-3-20(4-2)12-7-5-11(6-8-12)17-14(21)10-9-13-15(22)19-16(23)18-13/h5-8,13H,3-4,9-10H2,1-2H3,(H,17,21)(H2,18,19,22,23)/t13-/m0/s1. The van der Waals surface area contributed by atoms with Gasteiger partial charge in [0, 0.05) is 30.9 Å². The van der Waals surface area contributed by atoms with Crippen molar-refractivity contribution in [3.8, 4) is 0 Å². The summed E-state index contributed by atoms with van der Waals surface area (Å²) in [7, 11) is 0. The number of carbonyl (C=O) groups is 3. The van der Waals surface area contributed by atoms with Crippen molar-refractivity contribution in [2.45, 2.75) is 32.7 Å². The SMILES string of the molecule is CCN(CC)c1ccc(NC(=O)CC[C@@H]2NC(=O)NC2=O)cc1. The van der Waals surface area contributed by atoms with Crippen LogP contribution in [0.15, 0.2) is 24.3 Å². The Morgan fingerprint density at radius 1 is 1.17 bits per heavy atom. The number of imide groups is 1. The maximum atomic E-state index is 11.9. The van der Waals surface area contributed by atoms with E-state index in [0.29, 0.717) is 5.69 Å². The molecule has 1 heterocycles. The molecule has 1 aliphatic heterocycles. The predicted octanol–water partition coefficient (Wildman–Crippen LogP) is 1.46. The van der Waals surface area contributed by atoms with Gasteiger partial charge in [-0.1, -0.05) is 0 Å². The summed E-state index contributed by atoms with van der Waals surface area (Å²) in [6.45, 7) is 6.04. The van der Waals surface area contributed by atoms with Crippen molar-refractivity contribution in [1.82, 2.24) is 10.6 Å². The fraction of sp³-hybridized carbons (Fsp3) is 0.438. The molecule has 1 aromatic rings. The minimum absolute atomic E-state index is 0.163. The minimum Gasteiger partial charge on any atom is -0.372 e. The van der Waals surface area contributed by atoms with Crippen molar-refractivity contribution in [3.63, 3.8) is 0 Å². The molecule has 3 N–H and O–H groups in total. The summed E-state index contributed by atoms with van der Waals surface area (Å²) in [6.07, 6.45) is 0.442. The third-order valence-corrected chi connectivity index (χ3v) is 3.80. The molecule has 124 valence electrons. The average Bonchev–Trinajstić information content (AvgIpc) is 2.86. The zero-order chi connectivity index (χ0) is 16.8. The van der Waals surface area contributed by atoms with E-state index in [2.05, 4.69) is 34.7 Å². The molecule has 2 rings (SSSR count). The first-order chi connectivity index (χ1) is 11.0. The highest BCUT2D eigenvalue weighted by molar-refractivity contribution is 6.04. The summed E-state index contributed by atoms with van der Waals surface area (Å²) in [4.78, 5) is 36.5. The van der Waals surface area contributed by atoms with E-state index in [-0.39, 0.29) is 24.7 Å². The molecular weight excluding hydrogens is 296 g/mol. The number of benzene rings is 1. The molecule has 0 saturated carbocycles. The van der Waals surface area contributed by atoms with Crippen LogP contribution >= 0.6 is 0 Å². The smallest absolute Gasteiger partial charge is 0.322 e. The Hall–Kier alpha value is -2.57. The van der Waals surface area contributed by atoms with E-state index in [1.54, 1.807) is 0 Å². The van der Waals surface area contributed by atoms with Gasteiger partial charge in [-0.2, -0.15) is 0 Å². The van der Waals surface area contributed by atoms with E-state index < -0.39 is 12.1 Å². The second kappa shape index (κ2) is 7.62. The Morgan fingerprint density at radius 3 is 2.35 bits per heavy atom. The van der Waals surface area contributed by atoms with E-state index in [4.69, 9.17) is 0 Å². The third kappa shape index (κ3) is 4.45. The molecule has 0 aromatic heterocycles. The van der Waals surface area contributed by atoms with Crippen molar-refractivity contribution in [2.75, 3.05) is 23.3 Å². The van der Waals surface area contributed by atoms with Gasteiger partial charge in [0.05, 0.1) is 0 Å². The van der Waals surface area contributed by atoms with Crippen LogP contribution in [0.3, 0.4) is 0 Å². The third-order valence-electron chi connectivity index (χ3n) is 3.80. The van der Waals surface area contributed by atoms with Crippen LogP contribution in [0.2, 0.25) is 0 Å². The van der Waals surface area contributed by atoms with Gasteiger partial charge >= 0.3 is 6.03 Å². The van der Waals surface area contributed by atoms with Crippen molar-refractivity contribution < 1.29 is 14.4 Å². The highest BCUT2D eigenvalue weighted by atomic mass is 16.2. The van der Waals surface area contributed by atoms with Gasteiger partial charge in [-0.15, -0.1) is 0 Å². The van der Waals surface area contributed by atoms with Gasteiger partial charge < -0.3 is 15.5 Å². The van der Waals surface area contributed by atoms with Gasteiger partial charge in [0.1, 0.15) is 6.04 Å². The quantitative estimate of drug-likeness (QED) is 0.664. The molecule has 1 atom stereocenters. The van der Waals surface area contributed by atoms with Gasteiger partial charge in [-0.3, -0.25) is 14.9 Å². The highest BCUT2D eigenvalue weighted by Gasteiger charge is 2.29. The lowest BCUT2D eigenvalue weighted by atomic mass is 10.1. The van der Waals surface area contributed by atoms with Gasteiger partial charge in [-0.05, 0) is 44.5 Å². The molecule has 1 fully saturated rings. The second-order valence-corrected chi connectivity index (χ2v) is 5.32. The van der Waals surface area contributed by atoms with E-state index >= 15 is 0 Å². The Labute approximate surface area is 135 Å². The Morgan fingerprint density at radius 2 is 1.83 bits per heavy atom. The molecule has 0 unspecified atom stereocenters. The molecular formula is C16H22N4O3. The number of urea groups is 1. The molecule has 1 saturated heterocycles. The fourth-order valence-corrected chi connectivity index (χ4v) is 2.51.